The minimum atomic E-state index is -4.29. The molecule has 0 aliphatic carbocycles. The number of rotatable bonds is 3. The molecule has 1 rings (SSSR count). The highest BCUT2D eigenvalue weighted by Crippen LogP contribution is 2.32. The molecule has 0 aliphatic heterocycles. The maximum atomic E-state index is 12.5. The largest absolute Gasteiger partial charge is 0.497 e. The van der Waals surface area contributed by atoms with E-state index in [2.05, 4.69) is 5.32 Å². The minimum Gasteiger partial charge on any atom is -0.497 e. The molecular formula is C10H12F3NO. The van der Waals surface area contributed by atoms with Crippen molar-refractivity contribution < 1.29 is 17.9 Å². The maximum absolute atomic E-state index is 12.5. The average molecular weight is 219 g/mol. The molecule has 0 heterocycles. The lowest BCUT2D eigenvalue weighted by Gasteiger charge is -2.19. The van der Waals surface area contributed by atoms with Gasteiger partial charge in [-0.05, 0) is 24.7 Å². The van der Waals surface area contributed by atoms with Gasteiger partial charge in [0.1, 0.15) is 11.8 Å². The topological polar surface area (TPSA) is 21.3 Å². The Kier molecular flexibility index (Phi) is 3.57. The first-order chi connectivity index (χ1) is 6.99. The van der Waals surface area contributed by atoms with Crippen molar-refractivity contribution in [2.24, 2.45) is 0 Å². The van der Waals surface area contributed by atoms with Crippen LogP contribution in [0.2, 0.25) is 0 Å². The zero-order chi connectivity index (χ0) is 11.5. The molecule has 1 unspecified atom stereocenters. The lowest BCUT2D eigenvalue weighted by Crippen LogP contribution is -2.31. The van der Waals surface area contributed by atoms with Crippen LogP contribution in [0.25, 0.3) is 0 Å². The lowest BCUT2D eigenvalue weighted by atomic mass is 10.1. The highest BCUT2D eigenvalue weighted by atomic mass is 19.4. The summed E-state index contributed by atoms with van der Waals surface area (Å²) >= 11 is 0. The number of ether oxygens (including phenoxy) is 1. The zero-order valence-electron chi connectivity index (χ0n) is 8.43. The van der Waals surface area contributed by atoms with Crippen LogP contribution in [0.1, 0.15) is 11.6 Å². The van der Waals surface area contributed by atoms with E-state index < -0.39 is 12.2 Å². The molecule has 0 amide bonds. The third-order valence-corrected chi connectivity index (χ3v) is 2.07. The number of methoxy groups -OCH3 is 1. The predicted octanol–water partition coefficient (Wildman–Crippen LogP) is 2.52. The molecule has 1 aromatic carbocycles. The summed E-state index contributed by atoms with van der Waals surface area (Å²) < 4.78 is 42.4. The van der Waals surface area contributed by atoms with Crippen LogP contribution in [0, 0.1) is 0 Å². The number of benzene rings is 1. The summed E-state index contributed by atoms with van der Waals surface area (Å²) in [4.78, 5) is 0. The quantitative estimate of drug-likeness (QED) is 0.843. The second-order valence-corrected chi connectivity index (χ2v) is 3.04. The molecule has 0 aromatic heterocycles. The van der Waals surface area contributed by atoms with Crippen LogP contribution < -0.4 is 10.1 Å². The van der Waals surface area contributed by atoms with Crippen molar-refractivity contribution in [3.63, 3.8) is 0 Å². The molecule has 2 nitrogen and oxygen atoms in total. The Hall–Kier alpha value is -1.23. The van der Waals surface area contributed by atoms with Gasteiger partial charge in [0.2, 0.25) is 0 Å². The van der Waals surface area contributed by atoms with Crippen LogP contribution in [0.3, 0.4) is 0 Å². The van der Waals surface area contributed by atoms with Gasteiger partial charge in [0.15, 0.2) is 0 Å². The second kappa shape index (κ2) is 4.53. The van der Waals surface area contributed by atoms with Crippen LogP contribution in [0.4, 0.5) is 13.2 Å². The van der Waals surface area contributed by atoms with Crippen LogP contribution in [0.15, 0.2) is 24.3 Å². The zero-order valence-corrected chi connectivity index (χ0v) is 8.43. The number of alkyl halides is 3. The number of nitrogens with one attached hydrogen (secondary N) is 1. The van der Waals surface area contributed by atoms with E-state index in [-0.39, 0.29) is 5.56 Å². The van der Waals surface area contributed by atoms with Gasteiger partial charge in [0.05, 0.1) is 7.11 Å². The van der Waals surface area contributed by atoms with Crippen LogP contribution in [-0.2, 0) is 0 Å². The first-order valence-corrected chi connectivity index (χ1v) is 4.37. The van der Waals surface area contributed by atoms with Crippen LogP contribution >= 0.6 is 0 Å². The van der Waals surface area contributed by atoms with Crippen molar-refractivity contribution in [1.82, 2.24) is 5.32 Å². The van der Waals surface area contributed by atoms with Gasteiger partial charge in [-0.2, -0.15) is 13.2 Å². The second-order valence-electron chi connectivity index (χ2n) is 3.04. The summed E-state index contributed by atoms with van der Waals surface area (Å²) in [6.07, 6.45) is -4.29. The Balaban J connectivity index is 2.93. The molecule has 1 atom stereocenters. The van der Waals surface area contributed by atoms with Crippen LogP contribution in [0.5, 0.6) is 5.75 Å². The Morgan fingerprint density at radius 3 is 2.07 bits per heavy atom. The highest BCUT2D eigenvalue weighted by Gasteiger charge is 2.39. The summed E-state index contributed by atoms with van der Waals surface area (Å²) in [5.41, 5.74) is 0.172. The molecule has 1 aromatic rings. The number of hydrogen-bond acceptors (Lipinski definition) is 2. The summed E-state index contributed by atoms with van der Waals surface area (Å²) in [5.74, 6) is 0.538. The van der Waals surface area contributed by atoms with Crippen molar-refractivity contribution in [1.29, 1.82) is 0 Å². The van der Waals surface area contributed by atoms with Crippen LogP contribution in [-0.4, -0.2) is 20.3 Å². The van der Waals surface area contributed by atoms with Crippen molar-refractivity contribution >= 4 is 0 Å². The van der Waals surface area contributed by atoms with Gasteiger partial charge in [-0.3, -0.25) is 0 Å². The maximum Gasteiger partial charge on any atom is 0.407 e. The van der Waals surface area contributed by atoms with Gasteiger partial charge in [0.25, 0.3) is 0 Å². The monoisotopic (exact) mass is 219 g/mol. The molecule has 84 valence electrons. The molecule has 0 saturated carbocycles. The SMILES string of the molecule is CNC(c1ccc(OC)cc1)C(F)(F)F. The van der Waals surface area contributed by atoms with E-state index in [4.69, 9.17) is 4.74 Å². The summed E-state index contributed by atoms with van der Waals surface area (Å²) in [5, 5.41) is 2.23. The Labute approximate surface area is 86.1 Å². The fourth-order valence-corrected chi connectivity index (χ4v) is 1.32. The molecule has 0 saturated heterocycles. The smallest absolute Gasteiger partial charge is 0.407 e. The van der Waals surface area contributed by atoms with E-state index in [1.807, 2.05) is 0 Å². The highest BCUT2D eigenvalue weighted by molar-refractivity contribution is 5.29. The fourth-order valence-electron chi connectivity index (χ4n) is 1.32. The van der Waals surface area contributed by atoms with E-state index in [0.717, 1.165) is 0 Å². The third-order valence-electron chi connectivity index (χ3n) is 2.07. The Morgan fingerprint density at radius 2 is 1.73 bits per heavy atom. The van der Waals surface area contributed by atoms with E-state index in [1.54, 1.807) is 0 Å². The Morgan fingerprint density at radius 1 is 1.20 bits per heavy atom. The van der Waals surface area contributed by atoms with E-state index >= 15 is 0 Å². The van der Waals surface area contributed by atoms with E-state index in [0.29, 0.717) is 5.75 Å². The van der Waals surface area contributed by atoms with E-state index in [9.17, 15) is 13.2 Å². The Bertz CT molecular complexity index is 307. The molecule has 15 heavy (non-hydrogen) atoms. The molecule has 0 spiro atoms. The summed E-state index contributed by atoms with van der Waals surface area (Å²) in [6, 6.07) is 4.17. The first-order valence-electron chi connectivity index (χ1n) is 4.37. The molecule has 1 N–H and O–H groups in total. The molecule has 5 heteroatoms. The third kappa shape index (κ3) is 2.86. The fraction of sp³-hybridized carbons (Fsp3) is 0.400. The summed E-state index contributed by atoms with van der Waals surface area (Å²) in [6.45, 7) is 0. The van der Waals surface area contributed by atoms with Crippen molar-refractivity contribution in [3.05, 3.63) is 29.8 Å². The van der Waals surface area contributed by atoms with Crippen molar-refractivity contribution in [2.45, 2.75) is 12.2 Å². The number of halogens is 3. The van der Waals surface area contributed by atoms with Crippen molar-refractivity contribution in [3.8, 4) is 5.75 Å². The lowest BCUT2D eigenvalue weighted by molar-refractivity contribution is -0.156. The van der Waals surface area contributed by atoms with Gasteiger partial charge in [-0.1, -0.05) is 12.1 Å². The van der Waals surface area contributed by atoms with Gasteiger partial charge in [-0.15, -0.1) is 0 Å². The van der Waals surface area contributed by atoms with Gasteiger partial charge in [0, 0.05) is 0 Å². The number of hydrogen-bond donors (Lipinski definition) is 1. The molecule has 0 bridgehead atoms. The summed E-state index contributed by atoms with van der Waals surface area (Å²) in [7, 11) is 2.75. The molecule has 0 radical (unpaired) electrons. The van der Waals surface area contributed by atoms with Gasteiger partial charge < -0.3 is 10.1 Å². The normalized spacial score (nSPS) is 13.7. The minimum absolute atomic E-state index is 0.172. The average Bonchev–Trinajstić information content (AvgIpc) is 2.18. The molecular weight excluding hydrogens is 207 g/mol. The van der Waals surface area contributed by atoms with E-state index in [1.165, 1.54) is 38.4 Å². The van der Waals surface area contributed by atoms with Gasteiger partial charge in [-0.25, -0.2) is 0 Å². The molecule has 0 fully saturated rings. The molecule has 0 aliphatic rings. The van der Waals surface area contributed by atoms with Gasteiger partial charge >= 0.3 is 6.18 Å². The predicted molar refractivity (Wildman–Crippen MR) is 50.8 cm³/mol. The first kappa shape index (κ1) is 11.8. The standard InChI is InChI=1S/C10H12F3NO/c1-14-9(10(11,12)13)7-3-5-8(15-2)6-4-7/h3-6,9,14H,1-2H3. The van der Waals surface area contributed by atoms with Crippen molar-refractivity contribution in [2.75, 3.05) is 14.2 Å².